The number of aromatic amines is 1. The average molecular weight is 343 g/mol. The number of aromatic nitrogens is 2. The van der Waals surface area contributed by atoms with Crippen LogP contribution in [0.1, 0.15) is 48.4 Å². The van der Waals surface area contributed by atoms with Crippen LogP contribution in [0.2, 0.25) is 0 Å². The van der Waals surface area contributed by atoms with Gasteiger partial charge in [-0.05, 0) is 43.2 Å². The van der Waals surface area contributed by atoms with Crippen molar-refractivity contribution in [1.82, 2.24) is 10.2 Å². The lowest BCUT2D eigenvalue weighted by Crippen LogP contribution is -1.98. The van der Waals surface area contributed by atoms with E-state index in [0.29, 0.717) is 17.4 Å². The van der Waals surface area contributed by atoms with Crippen LogP contribution in [-0.2, 0) is 11.5 Å². The van der Waals surface area contributed by atoms with E-state index in [0.717, 1.165) is 40.7 Å². The Morgan fingerprint density at radius 3 is 3.17 bits per heavy atom. The van der Waals surface area contributed by atoms with Crippen molar-refractivity contribution in [3.05, 3.63) is 53.5 Å². The second-order valence-electron chi connectivity index (χ2n) is 6.79. The van der Waals surface area contributed by atoms with Gasteiger partial charge in [0, 0.05) is 34.7 Å². The highest BCUT2D eigenvalue weighted by atomic mass is 32.2. The van der Waals surface area contributed by atoms with Gasteiger partial charge in [-0.3, -0.25) is 5.10 Å². The molecule has 4 rings (SSSR count). The molecule has 0 bridgehead atoms. The number of halogens is 1. The van der Waals surface area contributed by atoms with Crippen LogP contribution in [0.4, 0.5) is 15.9 Å². The predicted octanol–water partition coefficient (Wildman–Crippen LogP) is 5.50. The Labute approximate surface area is 146 Å². The van der Waals surface area contributed by atoms with E-state index in [1.54, 1.807) is 11.8 Å². The normalized spacial score (nSPS) is 22.5. The zero-order valence-corrected chi connectivity index (χ0v) is 14.5. The van der Waals surface area contributed by atoms with Crippen molar-refractivity contribution in [2.45, 2.75) is 43.1 Å². The summed E-state index contributed by atoms with van der Waals surface area (Å²) in [7, 11) is 0. The van der Waals surface area contributed by atoms with E-state index in [-0.39, 0.29) is 5.82 Å². The smallest absolute Gasteiger partial charge is 0.152 e. The van der Waals surface area contributed by atoms with Crippen molar-refractivity contribution in [2.75, 3.05) is 5.32 Å². The molecule has 3 nitrogen and oxygen atoms in total. The molecule has 2 aliphatic rings. The first-order chi connectivity index (χ1) is 11.7. The van der Waals surface area contributed by atoms with Crippen LogP contribution in [-0.4, -0.2) is 10.2 Å². The SMILES string of the molecule is C=CCC1CCC(c2cc(Nc3ccc4c(c3F)CSC4)n[nH]2)C1. The largest absolute Gasteiger partial charge is 0.336 e. The Hall–Kier alpha value is -1.75. The Kier molecular flexibility index (Phi) is 4.35. The predicted molar refractivity (Wildman–Crippen MR) is 98.2 cm³/mol. The molecule has 1 aromatic carbocycles. The van der Waals surface area contributed by atoms with Crippen LogP contribution >= 0.6 is 11.8 Å². The van der Waals surface area contributed by atoms with Gasteiger partial charge in [-0.2, -0.15) is 16.9 Å². The molecule has 2 unspecified atom stereocenters. The molecule has 0 amide bonds. The summed E-state index contributed by atoms with van der Waals surface area (Å²) in [5.41, 5.74) is 3.63. The molecule has 5 heteroatoms. The second kappa shape index (κ2) is 6.63. The minimum atomic E-state index is -0.131. The number of benzene rings is 1. The zero-order chi connectivity index (χ0) is 16.5. The maximum Gasteiger partial charge on any atom is 0.152 e. The number of hydrogen-bond donors (Lipinski definition) is 2. The Bertz CT molecular complexity index is 755. The highest BCUT2D eigenvalue weighted by molar-refractivity contribution is 7.98. The summed E-state index contributed by atoms with van der Waals surface area (Å²) in [5.74, 6) is 3.50. The molecule has 126 valence electrons. The fourth-order valence-electron chi connectivity index (χ4n) is 3.87. The minimum absolute atomic E-state index is 0.131. The van der Waals surface area contributed by atoms with Crippen molar-refractivity contribution >= 4 is 23.3 Å². The summed E-state index contributed by atoms with van der Waals surface area (Å²) in [4.78, 5) is 0. The molecular formula is C19H22FN3S. The van der Waals surface area contributed by atoms with Crippen LogP contribution in [0.25, 0.3) is 0 Å². The van der Waals surface area contributed by atoms with Crippen LogP contribution in [0.5, 0.6) is 0 Å². The molecule has 24 heavy (non-hydrogen) atoms. The maximum absolute atomic E-state index is 14.6. The van der Waals surface area contributed by atoms with Crippen molar-refractivity contribution in [3.63, 3.8) is 0 Å². The van der Waals surface area contributed by atoms with Gasteiger partial charge in [0.05, 0.1) is 5.69 Å². The van der Waals surface area contributed by atoms with Crippen LogP contribution in [0.15, 0.2) is 30.9 Å². The van der Waals surface area contributed by atoms with Gasteiger partial charge in [-0.1, -0.05) is 12.1 Å². The Morgan fingerprint density at radius 1 is 1.38 bits per heavy atom. The van der Waals surface area contributed by atoms with Gasteiger partial charge in [-0.25, -0.2) is 4.39 Å². The summed E-state index contributed by atoms with van der Waals surface area (Å²) in [6.45, 7) is 3.84. The number of H-pyrrole nitrogens is 1. The Balaban J connectivity index is 1.47. The molecule has 0 spiro atoms. The lowest BCUT2D eigenvalue weighted by molar-refractivity contribution is 0.544. The third-order valence-corrected chi connectivity index (χ3v) is 6.19. The summed E-state index contributed by atoms with van der Waals surface area (Å²) in [6, 6.07) is 5.87. The molecular weight excluding hydrogens is 321 g/mol. The van der Waals surface area contributed by atoms with E-state index < -0.39 is 0 Å². The van der Waals surface area contributed by atoms with Crippen molar-refractivity contribution in [1.29, 1.82) is 0 Å². The van der Waals surface area contributed by atoms with Gasteiger partial charge in [0.2, 0.25) is 0 Å². The van der Waals surface area contributed by atoms with Gasteiger partial charge in [0.1, 0.15) is 0 Å². The fraction of sp³-hybridized carbons (Fsp3) is 0.421. The molecule has 2 heterocycles. The molecule has 1 saturated carbocycles. The number of nitrogens with zero attached hydrogens (tertiary/aromatic N) is 1. The minimum Gasteiger partial charge on any atom is -0.336 e. The first-order valence-corrected chi connectivity index (χ1v) is 9.71. The summed E-state index contributed by atoms with van der Waals surface area (Å²) in [5, 5.41) is 10.6. The number of anilines is 2. The lowest BCUT2D eigenvalue weighted by atomic mass is 10.00. The molecule has 0 saturated heterocycles. The van der Waals surface area contributed by atoms with Crippen LogP contribution in [0.3, 0.4) is 0 Å². The summed E-state index contributed by atoms with van der Waals surface area (Å²) < 4.78 is 14.6. The molecule has 1 fully saturated rings. The van der Waals surface area contributed by atoms with Crippen molar-refractivity contribution in [3.8, 4) is 0 Å². The number of allylic oxidation sites excluding steroid dienone is 1. The number of nitrogens with one attached hydrogen (secondary N) is 2. The standard InChI is InChI=1S/C19H22FN3S/c1-2-3-12-4-5-13(8-12)17-9-18(23-22-17)21-16-7-6-14-10-24-11-15(14)19(16)20/h2,6-7,9,12-13H,1,3-5,8,10-11H2,(H2,21,22,23). The molecule has 2 aromatic rings. The average Bonchev–Trinajstić information content (AvgIpc) is 3.30. The van der Waals surface area contributed by atoms with Crippen molar-refractivity contribution < 1.29 is 4.39 Å². The van der Waals surface area contributed by atoms with E-state index >= 15 is 0 Å². The zero-order valence-electron chi connectivity index (χ0n) is 13.6. The molecule has 0 radical (unpaired) electrons. The molecule has 2 N–H and O–H groups in total. The third-order valence-electron chi connectivity index (χ3n) is 5.19. The quantitative estimate of drug-likeness (QED) is 0.704. The topological polar surface area (TPSA) is 40.7 Å². The van der Waals surface area contributed by atoms with E-state index in [1.807, 2.05) is 24.3 Å². The molecule has 1 aromatic heterocycles. The van der Waals surface area contributed by atoms with E-state index in [1.165, 1.54) is 19.3 Å². The number of hydrogen-bond acceptors (Lipinski definition) is 3. The summed E-state index contributed by atoms with van der Waals surface area (Å²) >= 11 is 1.76. The molecule has 1 aliphatic carbocycles. The van der Waals surface area contributed by atoms with Gasteiger partial charge < -0.3 is 5.32 Å². The highest BCUT2D eigenvalue weighted by Crippen LogP contribution is 2.40. The van der Waals surface area contributed by atoms with E-state index in [4.69, 9.17) is 0 Å². The van der Waals surface area contributed by atoms with Gasteiger partial charge in [0.25, 0.3) is 0 Å². The maximum atomic E-state index is 14.6. The van der Waals surface area contributed by atoms with Crippen LogP contribution in [0, 0.1) is 11.7 Å². The van der Waals surface area contributed by atoms with E-state index in [9.17, 15) is 4.39 Å². The Morgan fingerprint density at radius 2 is 2.29 bits per heavy atom. The van der Waals surface area contributed by atoms with E-state index in [2.05, 4.69) is 22.1 Å². The first kappa shape index (κ1) is 15.8. The monoisotopic (exact) mass is 343 g/mol. The highest BCUT2D eigenvalue weighted by Gasteiger charge is 2.26. The van der Waals surface area contributed by atoms with Gasteiger partial charge in [-0.15, -0.1) is 6.58 Å². The number of fused-ring (bicyclic) bond motifs is 1. The molecule has 2 atom stereocenters. The van der Waals surface area contributed by atoms with Crippen LogP contribution < -0.4 is 5.32 Å². The number of thioether (sulfide) groups is 1. The second-order valence-corrected chi connectivity index (χ2v) is 7.78. The third kappa shape index (κ3) is 2.97. The first-order valence-electron chi connectivity index (χ1n) is 8.56. The van der Waals surface area contributed by atoms with Gasteiger partial charge in [0.15, 0.2) is 11.6 Å². The number of rotatable bonds is 5. The lowest BCUT2D eigenvalue weighted by Gasteiger charge is -2.08. The van der Waals surface area contributed by atoms with Gasteiger partial charge >= 0.3 is 0 Å². The molecule has 1 aliphatic heterocycles. The summed E-state index contributed by atoms with van der Waals surface area (Å²) in [6.07, 6.45) is 6.72. The van der Waals surface area contributed by atoms with Crippen molar-refractivity contribution in [2.24, 2.45) is 5.92 Å². The fourth-order valence-corrected chi connectivity index (χ4v) is 4.98.